The van der Waals surface area contributed by atoms with Crippen molar-refractivity contribution in [2.75, 3.05) is 0 Å². The summed E-state index contributed by atoms with van der Waals surface area (Å²) in [4.78, 5) is 18.1. The lowest BCUT2D eigenvalue weighted by molar-refractivity contribution is 0.0692. The number of H-pyrrole nitrogens is 1. The molecule has 0 saturated carbocycles. The first-order chi connectivity index (χ1) is 9.21. The Hall–Kier alpha value is -2.10. The predicted molar refractivity (Wildman–Crippen MR) is 79.2 cm³/mol. The lowest BCUT2D eigenvalue weighted by Gasteiger charge is -2.22. The van der Waals surface area contributed by atoms with E-state index in [1.165, 1.54) is 11.9 Å². The van der Waals surface area contributed by atoms with E-state index in [4.69, 9.17) is 0 Å². The van der Waals surface area contributed by atoms with Gasteiger partial charge in [-0.1, -0.05) is 32.9 Å². The summed E-state index contributed by atoms with van der Waals surface area (Å²) in [5.41, 5.74) is 4.94. The number of aryl methyl sites for hydroxylation is 2. The Kier molecular flexibility index (Phi) is 3.42. The maximum atomic E-state index is 11.2. The number of hydrogen-bond donors (Lipinski definition) is 2. The SMILES string of the molecule is Cc1cc(C(C)(C)C)cc(C)c1-c1nc[nH]c1C(=O)O. The molecule has 0 fully saturated rings. The summed E-state index contributed by atoms with van der Waals surface area (Å²) in [5.74, 6) is -0.990. The largest absolute Gasteiger partial charge is 0.477 e. The molecule has 0 bridgehead atoms. The molecule has 1 heterocycles. The fourth-order valence-electron chi connectivity index (χ4n) is 2.42. The van der Waals surface area contributed by atoms with Crippen LogP contribution in [-0.2, 0) is 5.41 Å². The highest BCUT2D eigenvalue weighted by Gasteiger charge is 2.21. The van der Waals surface area contributed by atoms with Crippen LogP contribution in [0.3, 0.4) is 0 Å². The van der Waals surface area contributed by atoms with Gasteiger partial charge in [0.25, 0.3) is 0 Å². The third-order valence-corrected chi connectivity index (χ3v) is 3.49. The summed E-state index contributed by atoms with van der Waals surface area (Å²) in [6.07, 6.45) is 1.43. The van der Waals surface area contributed by atoms with Crippen molar-refractivity contribution in [3.63, 3.8) is 0 Å². The zero-order chi connectivity index (χ0) is 15.1. The molecule has 0 unspecified atom stereocenters. The molecule has 1 aromatic heterocycles. The first-order valence-electron chi connectivity index (χ1n) is 6.60. The third-order valence-electron chi connectivity index (χ3n) is 3.49. The van der Waals surface area contributed by atoms with Gasteiger partial charge in [-0.15, -0.1) is 0 Å². The van der Waals surface area contributed by atoms with Gasteiger partial charge in [-0.2, -0.15) is 0 Å². The molecule has 0 saturated heterocycles. The number of hydrogen-bond acceptors (Lipinski definition) is 2. The Labute approximate surface area is 118 Å². The molecule has 20 heavy (non-hydrogen) atoms. The Morgan fingerprint density at radius 2 is 1.75 bits per heavy atom. The number of rotatable bonds is 2. The minimum absolute atomic E-state index is 0.0647. The van der Waals surface area contributed by atoms with Crippen LogP contribution < -0.4 is 0 Å². The quantitative estimate of drug-likeness (QED) is 0.876. The van der Waals surface area contributed by atoms with Crippen molar-refractivity contribution >= 4 is 5.97 Å². The maximum Gasteiger partial charge on any atom is 0.354 e. The number of nitrogens with zero attached hydrogens (tertiary/aromatic N) is 1. The molecule has 4 heteroatoms. The van der Waals surface area contributed by atoms with Gasteiger partial charge in [0.15, 0.2) is 5.69 Å². The standard InChI is InChI=1S/C16H20N2O2/c1-9-6-11(16(3,4)5)7-10(2)12(9)13-14(15(19)20)18-8-17-13/h6-8H,1-5H3,(H,17,18)(H,19,20). The van der Waals surface area contributed by atoms with Crippen LogP contribution >= 0.6 is 0 Å². The van der Waals surface area contributed by atoms with E-state index in [1.54, 1.807) is 0 Å². The second kappa shape index (κ2) is 4.78. The molecule has 2 aromatic rings. The predicted octanol–water partition coefficient (Wildman–Crippen LogP) is 3.69. The van der Waals surface area contributed by atoms with Gasteiger partial charge in [0.05, 0.1) is 6.33 Å². The van der Waals surface area contributed by atoms with E-state index < -0.39 is 5.97 Å². The van der Waals surface area contributed by atoms with Crippen LogP contribution in [0.5, 0.6) is 0 Å². The van der Waals surface area contributed by atoms with Crippen LogP contribution in [0, 0.1) is 13.8 Å². The molecule has 4 nitrogen and oxygen atoms in total. The highest BCUT2D eigenvalue weighted by Crippen LogP contribution is 2.32. The zero-order valence-corrected chi connectivity index (χ0v) is 12.5. The monoisotopic (exact) mass is 272 g/mol. The van der Waals surface area contributed by atoms with E-state index in [2.05, 4.69) is 42.9 Å². The van der Waals surface area contributed by atoms with Crippen molar-refractivity contribution in [2.45, 2.75) is 40.0 Å². The first kappa shape index (κ1) is 14.3. The van der Waals surface area contributed by atoms with Crippen molar-refractivity contribution in [1.29, 1.82) is 0 Å². The van der Waals surface area contributed by atoms with Crippen molar-refractivity contribution in [1.82, 2.24) is 9.97 Å². The van der Waals surface area contributed by atoms with Gasteiger partial charge in [0, 0.05) is 5.56 Å². The molecule has 0 atom stereocenters. The molecule has 0 aliphatic heterocycles. The van der Waals surface area contributed by atoms with Gasteiger partial charge in [-0.25, -0.2) is 9.78 Å². The van der Waals surface area contributed by atoms with E-state index in [1.807, 2.05) is 13.8 Å². The topological polar surface area (TPSA) is 66.0 Å². The zero-order valence-electron chi connectivity index (χ0n) is 12.5. The molecular formula is C16H20N2O2. The van der Waals surface area contributed by atoms with E-state index in [0.717, 1.165) is 16.7 Å². The summed E-state index contributed by atoms with van der Waals surface area (Å²) in [6.45, 7) is 10.5. The molecule has 2 rings (SSSR count). The Balaban J connectivity index is 2.65. The second-order valence-electron chi connectivity index (χ2n) is 6.17. The molecule has 0 radical (unpaired) electrons. The summed E-state index contributed by atoms with van der Waals surface area (Å²) in [5, 5.41) is 9.21. The molecule has 106 valence electrons. The minimum atomic E-state index is -0.990. The molecule has 0 amide bonds. The summed E-state index contributed by atoms with van der Waals surface area (Å²) < 4.78 is 0. The van der Waals surface area contributed by atoms with Gasteiger partial charge in [-0.3, -0.25) is 0 Å². The Bertz CT molecular complexity index is 640. The number of aromatic amines is 1. The highest BCUT2D eigenvalue weighted by atomic mass is 16.4. The third kappa shape index (κ3) is 2.46. The number of carboxylic acid groups (broad SMARTS) is 1. The van der Waals surface area contributed by atoms with Gasteiger partial charge >= 0.3 is 5.97 Å². The maximum absolute atomic E-state index is 11.2. The molecule has 2 N–H and O–H groups in total. The number of nitrogens with one attached hydrogen (secondary N) is 1. The van der Waals surface area contributed by atoms with Crippen molar-refractivity contribution in [3.05, 3.63) is 40.8 Å². The van der Waals surface area contributed by atoms with Crippen LogP contribution in [0.4, 0.5) is 0 Å². The average molecular weight is 272 g/mol. The number of imidazole rings is 1. The average Bonchev–Trinajstić information content (AvgIpc) is 2.75. The van der Waals surface area contributed by atoms with Gasteiger partial charge in [-0.05, 0) is 36.0 Å². The number of carbonyl (C=O) groups is 1. The van der Waals surface area contributed by atoms with Crippen LogP contribution in [0.2, 0.25) is 0 Å². The Morgan fingerprint density at radius 3 is 2.20 bits per heavy atom. The summed E-state index contributed by atoms with van der Waals surface area (Å²) in [6, 6.07) is 4.23. The first-order valence-corrected chi connectivity index (χ1v) is 6.60. The molecule has 0 spiro atoms. The van der Waals surface area contributed by atoms with Crippen LogP contribution in [0.1, 0.15) is 48.0 Å². The number of aromatic carboxylic acids is 1. The van der Waals surface area contributed by atoms with E-state index in [-0.39, 0.29) is 11.1 Å². The summed E-state index contributed by atoms with van der Waals surface area (Å²) in [7, 11) is 0. The van der Waals surface area contributed by atoms with E-state index >= 15 is 0 Å². The molecule has 0 aliphatic rings. The second-order valence-corrected chi connectivity index (χ2v) is 6.17. The van der Waals surface area contributed by atoms with Crippen LogP contribution in [-0.4, -0.2) is 21.0 Å². The fraction of sp³-hybridized carbons (Fsp3) is 0.375. The number of carboxylic acids is 1. The Morgan fingerprint density at radius 1 is 1.20 bits per heavy atom. The lowest BCUT2D eigenvalue weighted by Crippen LogP contribution is -2.12. The van der Waals surface area contributed by atoms with Crippen molar-refractivity contribution in [3.8, 4) is 11.3 Å². The number of aromatic nitrogens is 2. The normalized spacial score (nSPS) is 11.7. The van der Waals surface area contributed by atoms with Gasteiger partial charge in [0.1, 0.15) is 5.69 Å². The smallest absolute Gasteiger partial charge is 0.354 e. The molecule has 1 aromatic carbocycles. The fourth-order valence-corrected chi connectivity index (χ4v) is 2.42. The summed E-state index contributed by atoms with van der Waals surface area (Å²) >= 11 is 0. The van der Waals surface area contributed by atoms with Gasteiger partial charge in [0.2, 0.25) is 0 Å². The van der Waals surface area contributed by atoms with Gasteiger partial charge < -0.3 is 10.1 Å². The molecular weight excluding hydrogens is 252 g/mol. The van der Waals surface area contributed by atoms with Crippen LogP contribution in [0.25, 0.3) is 11.3 Å². The molecule has 0 aliphatic carbocycles. The van der Waals surface area contributed by atoms with Crippen LogP contribution in [0.15, 0.2) is 18.5 Å². The lowest BCUT2D eigenvalue weighted by atomic mass is 9.83. The minimum Gasteiger partial charge on any atom is -0.477 e. The number of benzene rings is 1. The van der Waals surface area contributed by atoms with Crippen molar-refractivity contribution in [2.24, 2.45) is 0 Å². The van der Waals surface area contributed by atoms with E-state index in [9.17, 15) is 9.90 Å². The highest BCUT2D eigenvalue weighted by molar-refractivity contribution is 5.93. The van der Waals surface area contributed by atoms with Crippen molar-refractivity contribution < 1.29 is 9.90 Å². The van der Waals surface area contributed by atoms with E-state index in [0.29, 0.717) is 5.69 Å².